The third-order valence-corrected chi connectivity index (χ3v) is 6.84. The van der Waals surface area contributed by atoms with Gasteiger partial charge >= 0.3 is 5.97 Å². The summed E-state index contributed by atoms with van der Waals surface area (Å²) in [6.07, 6.45) is 0.824. The number of carbonyl (C=O) groups excluding carboxylic acids is 2. The van der Waals surface area contributed by atoms with Gasteiger partial charge < -0.3 is 4.74 Å². The molecule has 148 valence electrons. The lowest BCUT2D eigenvalue weighted by Crippen LogP contribution is -2.41. The van der Waals surface area contributed by atoms with Gasteiger partial charge in [0.05, 0.1) is 10.8 Å². The van der Waals surface area contributed by atoms with E-state index in [0.29, 0.717) is 24.2 Å². The zero-order chi connectivity index (χ0) is 20.3. The number of ketones is 1. The minimum Gasteiger partial charge on any atom is -0.426 e. The van der Waals surface area contributed by atoms with Gasteiger partial charge in [0.2, 0.25) is 10.0 Å². The number of hydrogen-bond acceptors (Lipinski definition) is 5. The second-order valence-corrected chi connectivity index (χ2v) is 8.93. The van der Waals surface area contributed by atoms with Gasteiger partial charge in [0, 0.05) is 18.7 Å². The molecule has 0 aliphatic carbocycles. The van der Waals surface area contributed by atoms with Crippen molar-refractivity contribution in [1.82, 2.24) is 4.31 Å². The van der Waals surface area contributed by atoms with E-state index >= 15 is 0 Å². The van der Waals surface area contributed by atoms with Gasteiger partial charge in [0.15, 0.2) is 5.78 Å². The van der Waals surface area contributed by atoms with Crippen LogP contribution >= 0.6 is 0 Å². The van der Waals surface area contributed by atoms with Crippen LogP contribution in [0.1, 0.15) is 35.7 Å². The van der Waals surface area contributed by atoms with E-state index in [0.717, 1.165) is 5.56 Å². The van der Waals surface area contributed by atoms with Gasteiger partial charge in [-0.15, -0.1) is 0 Å². The lowest BCUT2D eigenvalue weighted by Gasteiger charge is -2.30. The van der Waals surface area contributed by atoms with Gasteiger partial charge in [0.25, 0.3) is 0 Å². The highest BCUT2D eigenvalue weighted by molar-refractivity contribution is 7.89. The Balaban J connectivity index is 1.61. The Kier molecular flexibility index (Phi) is 5.96. The van der Waals surface area contributed by atoms with E-state index in [9.17, 15) is 18.0 Å². The number of aryl methyl sites for hydroxylation is 1. The molecule has 28 heavy (non-hydrogen) atoms. The Bertz CT molecular complexity index is 957. The van der Waals surface area contributed by atoms with Gasteiger partial charge in [-0.05, 0) is 51.0 Å². The van der Waals surface area contributed by atoms with Crippen molar-refractivity contribution in [3.63, 3.8) is 0 Å². The van der Waals surface area contributed by atoms with Crippen LogP contribution in [-0.2, 0) is 14.8 Å². The predicted octanol–water partition coefficient (Wildman–Crippen LogP) is 3.20. The van der Waals surface area contributed by atoms with Gasteiger partial charge in [0.1, 0.15) is 5.75 Å². The summed E-state index contributed by atoms with van der Waals surface area (Å²) in [5.74, 6) is -0.271. The topological polar surface area (TPSA) is 80.8 Å². The van der Waals surface area contributed by atoms with Crippen molar-refractivity contribution < 1.29 is 22.7 Å². The molecule has 0 atom stereocenters. The molecule has 0 bridgehead atoms. The molecule has 6 nitrogen and oxygen atoms in total. The third kappa shape index (κ3) is 4.48. The SMILES string of the molecule is CC(=O)c1ccc(S(=O)(=O)N2CCC(C(=O)Oc3ccc(C)cc3)CC2)cc1. The first-order valence-corrected chi connectivity index (χ1v) is 10.6. The lowest BCUT2D eigenvalue weighted by atomic mass is 9.98. The summed E-state index contributed by atoms with van der Waals surface area (Å²) >= 11 is 0. The number of nitrogens with zero attached hydrogens (tertiary/aromatic N) is 1. The molecule has 1 saturated heterocycles. The van der Waals surface area contributed by atoms with Gasteiger partial charge in [-0.2, -0.15) is 4.31 Å². The molecule has 7 heteroatoms. The minimum absolute atomic E-state index is 0.114. The normalized spacial score (nSPS) is 15.9. The van der Waals surface area contributed by atoms with Crippen molar-refractivity contribution in [3.05, 3.63) is 59.7 Å². The molecule has 0 amide bonds. The molecule has 2 aromatic rings. The van der Waals surface area contributed by atoms with Gasteiger partial charge in [-0.25, -0.2) is 8.42 Å². The number of rotatable bonds is 5. The van der Waals surface area contributed by atoms with E-state index in [1.807, 2.05) is 19.1 Å². The zero-order valence-corrected chi connectivity index (χ0v) is 16.7. The first-order chi connectivity index (χ1) is 13.3. The van der Waals surface area contributed by atoms with Crippen LogP contribution in [0.4, 0.5) is 0 Å². The first-order valence-electron chi connectivity index (χ1n) is 9.17. The zero-order valence-electron chi connectivity index (χ0n) is 15.9. The molecular formula is C21H23NO5S. The second kappa shape index (κ2) is 8.24. The van der Waals surface area contributed by atoms with E-state index < -0.39 is 10.0 Å². The monoisotopic (exact) mass is 401 g/mol. The molecule has 0 spiro atoms. The van der Waals surface area contributed by atoms with E-state index in [-0.39, 0.29) is 35.7 Å². The second-order valence-electron chi connectivity index (χ2n) is 6.99. The summed E-state index contributed by atoms with van der Waals surface area (Å²) in [6.45, 7) is 3.90. The largest absolute Gasteiger partial charge is 0.426 e. The molecule has 0 radical (unpaired) electrons. The highest BCUT2D eigenvalue weighted by Gasteiger charge is 2.33. The molecule has 0 aromatic heterocycles. The van der Waals surface area contributed by atoms with E-state index in [4.69, 9.17) is 4.74 Å². The Morgan fingerprint density at radius 2 is 1.54 bits per heavy atom. The van der Waals surface area contributed by atoms with Crippen LogP contribution in [0.2, 0.25) is 0 Å². The Hall–Kier alpha value is -2.51. The Labute approximate surface area is 165 Å². The van der Waals surface area contributed by atoms with E-state index in [2.05, 4.69) is 0 Å². The molecule has 0 N–H and O–H groups in total. The van der Waals surface area contributed by atoms with Crippen LogP contribution in [-0.4, -0.2) is 37.6 Å². The molecule has 1 heterocycles. The maximum Gasteiger partial charge on any atom is 0.314 e. The highest BCUT2D eigenvalue weighted by Crippen LogP contribution is 2.25. The number of sulfonamides is 1. The number of carbonyl (C=O) groups is 2. The van der Waals surface area contributed by atoms with E-state index in [1.165, 1.54) is 35.5 Å². The van der Waals surface area contributed by atoms with Crippen molar-refractivity contribution in [2.75, 3.05) is 13.1 Å². The van der Waals surface area contributed by atoms with Crippen LogP contribution in [0.5, 0.6) is 5.75 Å². The maximum absolute atomic E-state index is 12.8. The number of Topliss-reactive ketones (excluding diaryl/α,β-unsaturated/α-hetero) is 1. The third-order valence-electron chi connectivity index (χ3n) is 4.93. The number of piperidine rings is 1. The van der Waals surface area contributed by atoms with Crippen LogP contribution in [0.15, 0.2) is 53.4 Å². The molecule has 1 aliphatic rings. The van der Waals surface area contributed by atoms with Crippen molar-refractivity contribution >= 4 is 21.8 Å². The summed E-state index contributed by atoms with van der Waals surface area (Å²) < 4.78 is 32.4. The maximum atomic E-state index is 12.8. The summed E-state index contributed by atoms with van der Waals surface area (Å²) in [4.78, 5) is 23.9. The summed E-state index contributed by atoms with van der Waals surface area (Å²) in [5, 5.41) is 0. The average Bonchev–Trinajstić information content (AvgIpc) is 2.70. The van der Waals surface area contributed by atoms with Crippen molar-refractivity contribution in [1.29, 1.82) is 0 Å². The number of esters is 1. The highest BCUT2D eigenvalue weighted by atomic mass is 32.2. The number of hydrogen-bond donors (Lipinski definition) is 0. The average molecular weight is 401 g/mol. The standard InChI is InChI=1S/C21H23NO5S/c1-15-3-7-19(8-4-15)27-21(24)18-11-13-22(14-12-18)28(25,26)20-9-5-17(6-10-20)16(2)23/h3-10,18H,11-14H2,1-2H3. The number of ether oxygens (including phenoxy) is 1. The lowest BCUT2D eigenvalue weighted by molar-refractivity contribution is -0.140. The van der Waals surface area contributed by atoms with Crippen LogP contribution < -0.4 is 4.74 Å². The fraction of sp³-hybridized carbons (Fsp3) is 0.333. The Morgan fingerprint density at radius 3 is 2.07 bits per heavy atom. The summed E-state index contributed by atoms with van der Waals surface area (Å²) in [7, 11) is -3.65. The molecule has 1 aliphatic heterocycles. The first kappa shape index (κ1) is 20.2. The van der Waals surface area contributed by atoms with Crippen molar-refractivity contribution in [2.24, 2.45) is 5.92 Å². The molecule has 0 unspecified atom stereocenters. The molecule has 1 fully saturated rings. The fourth-order valence-corrected chi connectivity index (χ4v) is 4.62. The van der Waals surface area contributed by atoms with Crippen LogP contribution in [0, 0.1) is 12.8 Å². The van der Waals surface area contributed by atoms with E-state index in [1.54, 1.807) is 12.1 Å². The molecule has 3 rings (SSSR count). The Morgan fingerprint density at radius 1 is 0.964 bits per heavy atom. The fourth-order valence-electron chi connectivity index (χ4n) is 3.15. The molecule has 0 saturated carbocycles. The summed E-state index contributed by atoms with van der Waals surface area (Å²) in [5.41, 5.74) is 1.55. The van der Waals surface area contributed by atoms with Crippen molar-refractivity contribution in [3.8, 4) is 5.75 Å². The molecule has 2 aromatic carbocycles. The van der Waals surface area contributed by atoms with Gasteiger partial charge in [-0.3, -0.25) is 9.59 Å². The summed E-state index contributed by atoms with van der Waals surface area (Å²) in [6, 6.07) is 13.2. The smallest absolute Gasteiger partial charge is 0.314 e. The molecular weight excluding hydrogens is 378 g/mol. The van der Waals surface area contributed by atoms with Crippen LogP contribution in [0.3, 0.4) is 0 Å². The quantitative estimate of drug-likeness (QED) is 0.437. The minimum atomic E-state index is -3.65. The predicted molar refractivity (Wildman–Crippen MR) is 105 cm³/mol. The van der Waals surface area contributed by atoms with Crippen molar-refractivity contribution in [2.45, 2.75) is 31.6 Å². The van der Waals surface area contributed by atoms with Gasteiger partial charge in [-0.1, -0.05) is 29.8 Å². The van der Waals surface area contributed by atoms with Crippen LogP contribution in [0.25, 0.3) is 0 Å². The number of benzene rings is 2.